The molecule has 1 spiro atoms. The lowest BCUT2D eigenvalue weighted by Crippen LogP contribution is -2.40. The van der Waals surface area contributed by atoms with E-state index >= 15 is 0 Å². The highest BCUT2D eigenvalue weighted by atomic mass is 16.5. The van der Waals surface area contributed by atoms with E-state index in [4.69, 9.17) is 4.74 Å². The Morgan fingerprint density at radius 3 is 1.52 bits per heavy atom. The number of likely N-dealkylation sites (tertiary alicyclic amines) is 1. The van der Waals surface area contributed by atoms with Crippen molar-refractivity contribution in [3.63, 3.8) is 0 Å². The number of para-hydroxylation sites is 1. The van der Waals surface area contributed by atoms with Gasteiger partial charge in [-0.25, -0.2) is 0 Å². The van der Waals surface area contributed by atoms with Gasteiger partial charge in [0.05, 0.1) is 5.60 Å². The van der Waals surface area contributed by atoms with E-state index in [-0.39, 0.29) is 5.60 Å². The molecular formula is C60H103N5O. The molecule has 1 aliphatic carbocycles. The molecule has 2 aromatic rings. The molecule has 5 aliphatic heterocycles. The predicted octanol–water partition coefficient (Wildman–Crippen LogP) is 14.7. The van der Waals surface area contributed by atoms with Crippen molar-refractivity contribution in [2.24, 2.45) is 29.6 Å². The second kappa shape index (κ2) is 24.8. The van der Waals surface area contributed by atoms with E-state index in [9.17, 15) is 0 Å². The highest BCUT2D eigenvalue weighted by Gasteiger charge is 2.54. The van der Waals surface area contributed by atoms with Gasteiger partial charge in [0.15, 0.2) is 0 Å². The lowest BCUT2D eigenvalue weighted by atomic mass is 9.95. The molecule has 5 atom stereocenters. The normalized spacial score (nSPS) is 24.6. The van der Waals surface area contributed by atoms with Gasteiger partial charge in [-0.2, -0.15) is 0 Å². The summed E-state index contributed by atoms with van der Waals surface area (Å²) in [4.78, 5) is 12.7. The molecule has 5 heterocycles. The quantitative estimate of drug-likeness (QED) is 0.220. The van der Waals surface area contributed by atoms with Gasteiger partial charge in [0.25, 0.3) is 0 Å². The zero-order chi connectivity index (χ0) is 49.4. The zero-order valence-corrected chi connectivity index (χ0v) is 46.4. The highest BCUT2D eigenvalue weighted by molar-refractivity contribution is 5.60. The predicted molar refractivity (Wildman–Crippen MR) is 288 cm³/mol. The van der Waals surface area contributed by atoms with Crippen molar-refractivity contribution in [1.82, 2.24) is 19.6 Å². The first-order valence-electron chi connectivity index (χ1n) is 26.9. The molecule has 6 aliphatic rings. The third kappa shape index (κ3) is 14.5. The molecule has 0 N–H and O–H groups in total. The summed E-state index contributed by atoms with van der Waals surface area (Å²) >= 11 is 0. The minimum absolute atomic E-state index is 0.277. The van der Waals surface area contributed by atoms with Crippen LogP contribution >= 0.6 is 0 Å². The smallest absolute Gasteiger partial charge is 0.114 e. The van der Waals surface area contributed by atoms with Gasteiger partial charge in [0.1, 0.15) is 6.23 Å². The molecule has 3 fully saturated rings. The number of hydrogen-bond acceptors (Lipinski definition) is 6. The van der Waals surface area contributed by atoms with Crippen LogP contribution in [-0.2, 0) is 17.7 Å². The number of ether oxygens (including phenoxy) is 1. The van der Waals surface area contributed by atoms with E-state index in [0.29, 0.717) is 60.4 Å². The van der Waals surface area contributed by atoms with Crippen molar-refractivity contribution >= 4 is 5.69 Å². The van der Waals surface area contributed by atoms with Gasteiger partial charge in [0, 0.05) is 79.7 Å². The van der Waals surface area contributed by atoms with Gasteiger partial charge in [-0.05, 0) is 160 Å². The van der Waals surface area contributed by atoms with Crippen LogP contribution in [0.1, 0.15) is 187 Å². The van der Waals surface area contributed by atoms with Gasteiger partial charge in [0.2, 0.25) is 0 Å². The largest absolute Gasteiger partial charge is 0.372 e. The average molecular weight is 911 g/mol. The molecule has 0 radical (unpaired) electrons. The third-order valence-corrected chi connectivity index (χ3v) is 15.1. The van der Waals surface area contributed by atoms with Gasteiger partial charge < -0.3 is 14.5 Å². The molecular weight excluding hydrogens is 807 g/mol. The fourth-order valence-electron chi connectivity index (χ4n) is 11.3. The van der Waals surface area contributed by atoms with E-state index in [0.717, 1.165) is 49.5 Å². The topological polar surface area (TPSA) is 25.4 Å². The first-order chi connectivity index (χ1) is 30.9. The van der Waals surface area contributed by atoms with Gasteiger partial charge in [-0.1, -0.05) is 130 Å². The summed E-state index contributed by atoms with van der Waals surface area (Å²) in [5.41, 5.74) is 7.71. The molecule has 0 aromatic heterocycles. The van der Waals surface area contributed by atoms with Crippen LogP contribution in [0.25, 0.3) is 0 Å². The fourth-order valence-corrected chi connectivity index (χ4v) is 11.3. The van der Waals surface area contributed by atoms with Gasteiger partial charge in [-0.15, -0.1) is 0 Å². The molecule has 6 nitrogen and oxygen atoms in total. The Labute approximate surface area is 409 Å². The van der Waals surface area contributed by atoms with Crippen molar-refractivity contribution in [3.8, 4) is 0 Å². The lowest BCUT2D eigenvalue weighted by Gasteiger charge is -2.34. The molecule has 6 heteroatoms. The standard InChI is InChI=1S/2C14H21N.C11H21NO.C11H21N.C10H19N/c1-10(2)14-13-8-6-5-7-12(13)9-15(14)11(3)4;1-10(2)14-9-12-7-5-6-8-13(12)15(14)11(3)4;1-8(2)10-12(9(3)4)7-11(13-10)5-6-11;1-8(2)11-6-10(5)7-12(11)9(3)4;1-8(2)10-6-5-7-11(10)9(3)4/h2*5-8,10-11,14H,9H2,1-4H3;8-10H,5-7H2,1-4H3;8-9,11H,5-7H2,1-4H3;5,7-10H,6H2,1-4H3/t2*14-;10-;11-;10-/m10000/s1. The van der Waals surface area contributed by atoms with E-state index < -0.39 is 0 Å². The SMILES string of the molecule is C=C1C[C@@H](C(C)C)N(C(C)C)C1.CC(C)[C@@H]1CC=CN1C(C)C.CC(C)[C@@H]1Cc2ccccc2N1C(C)C.CC(C)[C@@H]1OC2(CC2)CN1C(C)C.CC(C)[C@@H]1c2ccccc2CN1C(C)C. The molecule has 8 rings (SSSR count). The fraction of sp³-hybridized carbons (Fsp3) is 0.733. The molecule has 66 heavy (non-hydrogen) atoms. The number of fused-ring (bicyclic) bond motifs is 2. The van der Waals surface area contributed by atoms with Crippen LogP contribution < -0.4 is 4.90 Å². The van der Waals surface area contributed by atoms with Gasteiger partial charge >= 0.3 is 0 Å². The summed E-state index contributed by atoms with van der Waals surface area (Å²) in [5, 5.41) is 0. The Morgan fingerprint density at radius 2 is 1.08 bits per heavy atom. The van der Waals surface area contributed by atoms with E-state index in [1.807, 2.05) is 0 Å². The van der Waals surface area contributed by atoms with Crippen LogP contribution in [0.3, 0.4) is 0 Å². The zero-order valence-electron chi connectivity index (χ0n) is 46.4. The molecule has 2 saturated heterocycles. The van der Waals surface area contributed by atoms with Crippen LogP contribution in [0.15, 0.2) is 73.0 Å². The van der Waals surface area contributed by atoms with Crippen LogP contribution in [0.4, 0.5) is 5.69 Å². The summed E-state index contributed by atoms with van der Waals surface area (Å²) in [6.45, 7) is 53.2. The number of anilines is 1. The number of rotatable bonds is 10. The summed E-state index contributed by atoms with van der Waals surface area (Å²) in [7, 11) is 0. The second-order valence-corrected chi connectivity index (χ2v) is 24.0. The molecule has 0 unspecified atom stereocenters. The van der Waals surface area contributed by atoms with E-state index in [1.165, 1.54) is 54.5 Å². The second-order valence-electron chi connectivity index (χ2n) is 24.0. The van der Waals surface area contributed by atoms with Crippen molar-refractivity contribution < 1.29 is 4.74 Å². The van der Waals surface area contributed by atoms with E-state index in [2.05, 4.69) is 230 Å². The Kier molecular flexibility index (Phi) is 21.0. The monoisotopic (exact) mass is 910 g/mol. The van der Waals surface area contributed by atoms with Crippen LogP contribution in [-0.4, -0.2) is 92.9 Å². The van der Waals surface area contributed by atoms with Crippen molar-refractivity contribution in [3.05, 3.63) is 89.6 Å². The van der Waals surface area contributed by atoms with Crippen LogP contribution in [0.2, 0.25) is 0 Å². The first-order valence-corrected chi connectivity index (χ1v) is 26.9. The molecule has 1 saturated carbocycles. The van der Waals surface area contributed by atoms with Crippen LogP contribution in [0.5, 0.6) is 0 Å². The van der Waals surface area contributed by atoms with Crippen LogP contribution in [0, 0.1) is 29.6 Å². The first kappa shape index (κ1) is 56.0. The van der Waals surface area contributed by atoms with Crippen molar-refractivity contribution in [2.45, 2.75) is 243 Å². The van der Waals surface area contributed by atoms with Gasteiger partial charge in [-0.3, -0.25) is 14.7 Å². The van der Waals surface area contributed by atoms with E-state index in [1.54, 1.807) is 5.56 Å². The minimum atomic E-state index is 0.277. The maximum Gasteiger partial charge on any atom is 0.114 e. The summed E-state index contributed by atoms with van der Waals surface area (Å²) in [5.74, 6) is 3.55. The molecule has 374 valence electrons. The average Bonchev–Trinajstić information content (AvgIpc) is 3.82. The molecule has 0 bridgehead atoms. The lowest BCUT2D eigenvalue weighted by molar-refractivity contribution is -0.0472. The number of hydrogen-bond donors (Lipinski definition) is 0. The summed E-state index contributed by atoms with van der Waals surface area (Å²) in [6, 6.07) is 23.7. The molecule has 0 amide bonds. The number of nitrogens with zero attached hydrogens (tertiary/aromatic N) is 5. The Bertz CT molecular complexity index is 1680. The Hall–Kier alpha value is -2.64. The highest BCUT2D eigenvalue weighted by Crippen LogP contribution is 2.48. The molecule has 2 aromatic carbocycles. The Balaban J connectivity index is 0.000000181. The maximum absolute atomic E-state index is 6.12. The summed E-state index contributed by atoms with van der Waals surface area (Å²) < 4.78 is 6.12. The van der Waals surface area contributed by atoms with Crippen molar-refractivity contribution in [1.29, 1.82) is 0 Å². The number of benzene rings is 2. The third-order valence-electron chi connectivity index (χ3n) is 15.1. The summed E-state index contributed by atoms with van der Waals surface area (Å²) in [6.07, 6.45) is 11.1. The van der Waals surface area contributed by atoms with Crippen molar-refractivity contribution in [2.75, 3.05) is 18.0 Å². The minimum Gasteiger partial charge on any atom is -0.372 e. The maximum atomic E-state index is 6.12. The Morgan fingerprint density at radius 1 is 0.530 bits per heavy atom.